The minimum atomic E-state index is -0.476. The molecule has 0 radical (unpaired) electrons. The van der Waals surface area contributed by atoms with Crippen molar-refractivity contribution in [3.63, 3.8) is 0 Å². The van der Waals surface area contributed by atoms with Crippen molar-refractivity contribution in [2.45, 2.75) is 19.2 Å². The normalized spacial score (nSPS) is 12.4. The number of nitro groups is 1. The van der Waals surface area contributed by atoms with Crippen molar-refractivity contribution in [1.82, 2.24) is 10.2 Å². The topological polar surface area (TPSA) is 82.1 Å². The van der Waals surface area contributed by atoms with Gasteiger partial charge in [-0.3, -0.25) is 10.1 Å². The number of aryl methyl sites for hydroxylation is 1. The van der Waals surface area contributed by atoms with Crippen molar-refractivity contribution < 1.29 is 9.34 Å². The molecule has 0 amide bonds. The molecule has 1 unspecified atom stereocenters. The number of hydrogen-bond acceptors (Lipinski definition) is 5. The molecular formula is C11H10ClN3O3. The molecule has 2 aromatic rings. The first-order valence-corrected chi connectivity index (χ1v) is 5.66. The molecule has 0 fully saturated rings. The summed E-state index contributed by atoms with van der Waals surface area (Å²) < 4.78 is 5.34. The quantitative estimate of drug-likeness (QED) is 0.484. The lowest BCUT2D eigenvalue weighted by atomic mass is 10.1. The lowest BCUT2D eigenvalue weighted by Gasteiger charge is -2.01. The van der Waals surface area contributed by atoms with Crippen LogP contribution in [-0.4, -0.2) is 15.1 Å². The maximum atomic E-state index is 11.0. The van der Waals surface area contributed by atoms with Crippen molar-refractivity contribution in [1.29, 1.82) is 0 Å². The Kier molecular flexibility index (Phi) is 3.29. The summed E-state index contributed by atoms with van der Waals surface area (Å²) in [4.78, 5) is 10.5. The molecule has 0 aliphatic rings. The zero-order chi connectivity index (χ0) is 13.3. The second kappa shape index (κ2) is 4.73. The molecule has 94 valence electrons. The van der Waals surface area contributed by atoms with Crippen molar-refractivity contribution in [3.8, 4) is 11.5 Å². The summed E-state index contributed by atoms with van der Waals surface area (Å²) in [6.45, 7) is 3.43. The maximum absolute atomic E-state index is 11.0. The highest BCUT2D eigenvalue weighted by Gasteiger charge is 2.23. The van der Waals surface area contributed by atoms with Crippen LogP contribution in [0.1, 0.15) is 23.8 Å². The highest BCUT2D eigenvalue weighted by atomic mass is 35.5. The zero-order valence-corrected chi connectivity index (χ0v) is 10.5. The van der Waals surface area contributed by atoms with Gasteiger partial charge in [-0.25, -0.2) is 0 Å². The molecule has 18 heavy (non-hydrogen) atoms. The van der Waals surface area contributed by atoms with Gasteiger partial charge in [-0.1, -0.05) is 12.1 Å². The third kappa shape index (κ3) is 2.19. The zero-order valence-electron chi connectivity index (χ0n) is 9.75. The summed E-state index contributed by atoms with van der Waals surface area (Å²) >= 11 is 5.82. The molecule has 1 aromatic heterocycles. The fourth-order valence-electron chi connectivity index (χ4n) is 1.58. The van der Waals surface area contributed by atoms with Crippen molar-refractivity contribution in [2.24, 2.45) is 0 Å². The second-order valence-corrected chi connectivity index (χ2v) is 4.44. The minimum absolute atomic E-state index is 0.0626. The van der Waals surface area contributed by atoms with E-state index in [1.807, 2.05) is 0 Å². The number of hydrogen-bond donors (Lipinski definition) is 0. The van der Waals surface area contributed by atoms with Gasteiger partial charge in [0.05, 0.1) is 4.92 Å². The Hall–Kier alpha value is -1.95. The fraction of sp³-hybridized carbons (Fsp3) is 0.273. The van der Waals surface area contributed by atoms with Crippen molar-refractivity contribution >= 4 is 17.3 Å². The number of halogens is 1. The van der Waals surface area contributed by atoms with E-state index in [0.29, 0.717) is 11.1 Å². The molecular weight excluding hydrogens is 258 g/mol. The van der Waals surface area contributed by atoms with Gasteiger partial charge in [-0.15, -0.1) is 21.8 Å². The highest BCUT2D eigenvalue weighted by molar-refractivity contribution is 6.20. The fourth-order valence-corrected chi connectivity index (χ4v) is 1.67. The second-order valence-electron chi connectivity index (χ2n) is 3.79. The van der Waals surface area contributed by atoms with Crippen LogP contribution in [0.15, 0.2) is 22.6 Å². The number of nitro benzene ring substituents is 1. The Morgan fingerprint density at radius 3 is 2.72 bits per heavy atom. The minimum Gasteiger partial charge on any atom is -0.419 e. The van der Waals surface area contributed by atoms with E-state index in [1.54, 1.807) is 26.0 Å². The Morgan fingerprint density at radius 2 is 2.17 bits per heavy atom. The molecule has 1 atom stereocenters. The van der Waals surface area contributed by atoms with Gasteiger partial charge >= 0.3 is 0 Å². The van der Waals surface area contributed by atoms with Crippen LogP contribution in [0.3, 0.4) is 0 Å². The lowest BCUT2D eigenvalue weighted by Crippen LogP contribution is -1.94. The average molecular weight is 268 g/mol. The number of rotatable bonds is 3. The van der Waals surface area contributed by atoms with Gasteiger partial charge in [0.25, 0.3) is 11.6 Å². The van der Waals surface area contributed by atoms with E-state index >= 15 is 0 Å². The number of alkyl halides is 1. The van der Waals surface area contributed by atoms with Crippen LogP contribution in [0.4, 0.5) is 5.69 Å². The molecule has 6 nitrogen and oxygen atoms in total. The molecule has 0 spiro atoms. The molecule has 7 heteroatoms. The van der Waals surface area contributed by atoms with Crippen molar-refractivity contribution in [3.05, 3.63) is 39.8 Å². The smallest absolute Gasteiger partial charge is 0.282 e. The van der Waals surface area contributed by atoms with Gasteiger partial charge in [-0.05, 0) is 19.4 Å². The van der Waals surface area contributed by atoms with E-state index in [2.05, 4.69) is 10.2 Å². The first kappa shape index (κ1) is 12.5. The summed E-state index contributed by atoms with van der Waals surface area (Å²) in [5, 5.41) is 18.1. The van der Waals surface area contributed by atoms with E-state index < -0.39 is 10.3 Å². The van der Waals surface area contributed by atoms with Crippen LogP contribution in [0.5, 0.6) is 0 Å². The number of aromatic nitrogens is 2. The molecule has 0 saturated heterocycles. The first-order valence-electron chi connectivity index (χ1n) is 5.22. The summed E-state index contributed by atoms with van der Waals surface area (Å²) in [6.07, 6.45) is 0. The lowest BCUT2D eigenvalue weighted by molar-refractivity contribution is -0.384. The van der Waals surface area contributed by atoms with Crippen LogP contribution in [0.2, 0.25) is 0 Å². The molecule has 1 heterocycles. The average Bonchev–Trinajstić information content (AvgIpc) is 2.77. The largest absolute Gasteiger partial charge is 0.419 e. The van der Waals surface area contributed by atoms with Gasteiger partial charge in [-0.2, -0.15) is 0 Å². The molecule has 0 aliphatic heterocycles. The number of benzene rings is 1. The van der Waals surface area contributed by atoms with Crippen molar-refractivity contribution in [2.75, 3.05) is 0 Å². The van der Waals surface area contributed by atoms with E-state index in [9.17, 15) is 10.1 Å². The summed E-state index contributed by atoms with van der Waals surface area (Å²) in [5.41, 5.74) is 0.965. The van der Waals surface area contributed by atoms with Crippen LogP contribution in [0, 0.1) is 17.0 Å². The Balaban J connectivity index is 2.58. The standard InChI is InChI=1S/C11H10ClN3O3/c1-6-4-3-5-8(15(16)17)9(6)11-14-13-10(18-11)7(2)12/h3-5,7H,1-2H3. The van der Waals surface area contributed by atoms with Gasteiger partial charge in [0.2, 0.25) is 5.89 Å². The summed E-state index contributed by atoms with van der Waals surface area (Å²) in [6, 6.07) is 4.76. The van der Waals surface area contributed by atoms with E-state index in [-0.39, 0.29) is 17.5 Å². The molecule has 0 N–H and O–H groups in total. The van der Waals surface area contributed by atoms with E-state index in [0.717, 1.165) is 0 Å². The molecule has 1 aromatic carbocycles. The molecule has 0 bridgehead atoms. The number of nitrogens with zero attached hydrogens (tertiary/aromatic N) is 3. The van der Waals surface area contributed by atoms with Gasteiger partial charge < -0.3 is 4.42 Å². The highest BCUT2D eigenvalue weighted by Crippen LogP contribution is 2.33. The van der Waals surface area contributed by atoms with Gasteiger partial charge in [0.1, 0.15) is 10.9 Å². The Bertz CT molecular complexity index is 595. The van der Waals surface area contributed by atoms with Crippen LogP contribution in [0.25, 0.3) is 11.5 Å². The predicted molar refractivity (Wildman–Crippen MR) is 65.4 cm³/mol. The molecule has 2 rings (SSSR count). The van der Waals surface area contributed by atoms with E-state index in [4.69, 9.17) is 16.0 Å². The maximum Gasteiger partial charge on any atom is 0.282 e. The Labute approximate surface area is 108 Å². The monoisotopic (exact) mass is 267 g/mol. The Morgan fingerprint density at radius 1 is 1.44 bits per heavy atom. The van der Waals surface area contributed by atoms with Gasteiger partial charge in [0.15, 0.2) is 0 Å². The SMILES string of the molecule is Cc1cccc([N+](=O)[O-])c1-c1nnc(C(C)Cl)o1. The first-order chi connectivity index (χ1) is 8.50. The molecule has 0 aliphatic carbocycles. The van der Waals surface area contributed by atoms with Crippen LogP contribution in [-0.2, 0) is 0 Å². The summed E-state index contributed by atoms with van der Waals surface area (Å²) in [7, 11) is 0. The third-order valence-electron chi connectivity index (χ3n) is 2.44. The van der Waals surface area contributed by atoms with E-state index in [1.165, 1.54) is 6.07 Å². The van der Waals surface area contributed by atoms with Crippen LogP contribution < -0.4 is 0 Å². The summed E-state index contributed by atoms with van der Waals surface area (Å²) in [5.74, 6) is 0.353. The predicted octanol–water partition coefficient (Wildman–Crippen LogP) is 3.25. The molecule has 0 saturated carbocycles. The van der Waals surface area contributed by atoms with Crippen LogP contribution >= 0.6 is 11.6 Å². The van der Waals surface area contributed by atoms with Gasteiger partial charge in [0, 0.05) is 6.07 Å². The third-order valence-corrected chi connectivity index (χ3v) is 2.63.